The summed E-state index contributed by atoms with van der Waals surface area (Å²) in [4.78, 5) is 13.6. The Labute approximate surface area is 159 Å². The Hall–Kier alpha value is -3.47. The summed E-state index contributed by atoms with van der Waals surface area (Å²) in [7, 11) is 0. The summed E-state index contributed by atoms with van der Waals surface area (Å²) in [5.74, 6) is 1.93. The number of hydrogen-bond donors (Lipinski definition) is 0. The molecule has 27 heavy (non-hydrogen) atoms. The lowest BCUT2D eigenvalue weighted by Gasteiger charge is -2.22. The molecule has 1 atom stereocenters. The molecule has 5 heteroatoms. The number of amides is 1. The summed E-state index contributed by atoms with van der Waals surface area (Å²) in [6.45, 7) is 11.6. The summed E-state index contributed by atoms with van der Waals surface area (Å²) in [6.07, 6.45) is 3.17. The normalized spacial score (nSPS) is 11.0. The number of carbonyl (C=O) groups is 1. The molecule has 0 fully saturated rings. The summed E-state index contributed by atoms with van der Waals surface area (Å²) in [5.41, 5.74) is 0. The van der Waals surface area contributed by atoms with Crippen LogP contribution in [-0.2, 0) is 4.74 Å². The molecule has 0 heterocycles. The second-order valence-corrected chi connectivity index (χ2v) is 5.47. The van der Waals surface area contributed by atoms with E-state index in [2.05, 4.69) is 19.7 Å². The monoisotopic (exact) mass is 365 g/mol. The predicted octanol–water partition coefficient (Wildman–Crippen LogP) is 5.18. The molecular weight excluding hydrogens is 342 g/mol. The number of carbonyl (C=O) groups excluding carboxylic acids is 1. The Morgan fingerprint density at radius 3 is 2.00 bits per heavy atom. The van der Waals surface area contributed by atoms with Gasteiger partial charge < -0.3 is 19.1 Å². The second-order valence-electron chi connectivity index (χ2n) is 5.47. The van der Waals surface area contributed by atoms with Gasteiger partial charge in [-0.15, -0.1) is 13.2 Å². The fraction of sp³-hybridized carbons (Fsp3) is 0.136. The largest absolute Gasteiger partial charge is 0.457 e. The zero-order valence-corrected chi connectivity index (χ0v) is 15.1. The molecule has 0 aromatic heterocycles. The molecule has 2 aromatic carbocycles. The number of nitrogens with zero attached hydrogens (tertiary/aromatic N) is 1. The first-order valence-corrected chi connectivity index (χ1v) is 8.45. The quantitative estimate of drug-likeness (QED) is 0.430. The van der Waals surface area contributed by atoms with Crippen molar-refractivity contribution in [2.45, 2.75) is 6.29 Å². The molecule has 140 valence electrons. The van der Waals surface area contributed by atoms with E-state index in [4.69, 9.17) is 14.2 Å². The maximum absolute atomic E-state index is 12.2. The summed E-state index contributed by atoms with van der Waals surface area (Å²) in [6, 6.07) is 16.5. The van der Waals surface area contributed by atoms with Crippen molar-refractivity contribution in [3.63, 3.8) is 0 Å². The Bertz CT molecular complexity index is 746. The smallest absolute Gasteiger partial charge is 0.413 e. The van der Waals surface area contributed by atoms with E-state index in [1.54, 1.807) is 36.4 Å². The minimum Gasteiger partial charge on any atom is -0.457 e. The second kappa shape index (κ2) is 10.5. The Kier molecular flexibility index (Phi) is 7.72. The maximum atomic E-state index is 12.2. The van der Waals surface area contributed by atoms with E-state index in [0.29, 0.717) is 24.6 Å². The lowest BCUT2D eigenvalue weighted by Crippen LogP contribution is -2.35. The van der Waals surface area contributed by atoms with Crippen LogP contribution in [0, 0.1) is 0 Å². The minimum atomic E-state index is -0.921. The molecule has 0 bridgehead atoms. The summed E-state index contributed by atoms with van der Waals surface area (Å²) in [5, 5.41) is 0. The van der Waals surface area contributed by atoms with E-state index < -0.39 is 12.4 Å². The van der Waals surface area contributed by atoms with Crippen LogP contribution in [0.15, 0.2) is 92.6 Å². The van der Waals surface area contributed by atoms with Gasteiger partial charge in [0.1, 0.15) is 17.2 Å². The van der Waals surface area contributed by atoms with E-state index in [-0.39, 0.29) is 0 Å². The van der Waals surface area contributed by atoms with E-state index >= 15 is 0 Å². The Morgan fingerprint density at radius 2 is 1.44 bits per heavy atom. The number of rotatable bonds is 10. The van der Waals surface area contributed by atoms with Crippen molar-refractivity contribution < 1.29 is 19.0 Å². The van der Waals surface area contributed by atoms with Gasteiger partial charge in [0, 0.05) is 13.1 Å². The molecule has 2 rings (SSSR count). The van der Waals surface area contributed by atoms with Crippen molar-refractivity contribution >= 4 is 6.09 Å². The minimum absolute atomic E-state index is 0.347. The van der Waals surface area contributed by atoms with Crippen LogP contribution in [0.4, 0.5) is 4.79 Å². The van der Waals surface area contributed by atoms with Gasteiger partial charge in [-0.3, -0.25) is 0 Å². The predicted molar refractivity (Wildman–Crippen MR) is 106 cm³/mol. The van der Waals surface area contributed by atoms with Crippen molar-refractivity contribution in [1.29, 1.82) is 0 Å². The molecule has 0 saturated carbocycles. The molecular formula is C22H23NO4. The average molecular weight is 365 g/mol. The standard InChI is InChI=1S/C22H23NO4/c1-4-16-23(17-5-2)22(24)27-21(6-3)26-20-14-12-19(13-15-20)25-18-10-8-7-9-11-18/h4-15,21H,1-3,16-17H2. The van der Waals surface area contributed by atoms with Crippen LogP contribution < -0.4 is 9.47 Å². The Balaban J connectivity index is 1.95. The van der Waals surface area contributed by atoms with Gasteiger partial charge in [-0.05, 0) is 42.5 Å². The van der Waals surface area contributed by atoms with E-state index in [1.165, 1.54) is 11.0 Å². The molecule has 1 amide bonds. The highest BCUT2D eigenvalue weighted by molar-refractivity contribution is 5.68. The lowest BCUT2D eigenvalue weighted by molar-refractivity contribution is -0.0121. The van der Waals surface area contributed by atoms with E-state index in [9.17, 15) is 4.79 Å². The van der Waals surface area contributed by atoms with Crippen molar-refractivity contribution in [3.05, 3.63) is 92.6 Å². The van der Waals surface area contributed by atoms with Gasteiger partial charge in [-0.1, -0.05) is 36.9 Å². The highest BCUT2D eigenvalue weighted by Crippen LogP contribution is 2.24. The fourth-order valence-corrected chi connectivity index (χ4v) is 2.17. The number of ether oxygens (including phenoxy) is 3. The number of hydrogen-bond acceptors (Lipinski definition) is 4. The molecule has 0 spiro atoms. The van der Waals surface area contributed by atoms with Crippen LogP contribution in [0.3, 0.4) is 0 Å². The SMILES string of the molecule is C=CCN(CC=C)C(=O)OC(C=C)Oc1ccc(Oc2ccccc2)cc1. The van der Waals surface area contributed by atoms with Gasteiger partial charge in [0.05, 0.1) is 0 Å². The molecule has 1 unspecified atom stereocenters. The van der Waals surface area contributed by atoms with Crippen molar-refractivity contribution in [3.8, 4) is 17.2 Å². The van der Waals surface area contributed by atoms with E-state index in [1.807, 2.05) is 30.3 Å². The first-order chi connectivity index (χ1) is 13.2. The zero-order chi connectivity index (χ0) is 19.5. The number of para-hydroxylation sites is 1. The topological polar surface area (TPSA) is 48.0 Å². The van der Waals surface area contributed by atoms with Gasteiger partial charge in [0.2, 0.25) is 0 Å². The summed E-state index contributed by atoms with van der Waals surface area (Å²) < 4.78 is 16.7. The first-order valence-electron chi connectivity index (χ1n) is 8.45. The van der Waals surface area contributed by atoms with Crippen LogP contribution in [0.2, 0.25) is 0 Å². The molecule has 5 nitrogen and oxygen atoms in total. The highest BCUT2D eigenvalue weighted by atomic mass is 16.7. The molecule has 0 aliphatic carbocycles. The number of benzene rings is 2. The Morgan fingerprint density at radius 1 is 0.889 bits per heavy atom. The van der Waals surface area contributed by atoms with Gasteiger partial charge >= 0.3 is 6.09 Å². The van der Waals surface area contributed by atoms with Gasteiger partial charge in [0.25, 0.3) is 6.29 Å². The van der Waals surface area contributed by atoms with Crippen LogP contribution in [0.25, 0.3) is 0 Å². The van der Waals surface area contributed by atoms with Crippen LogP contribution in [0.5, 0.6) is 17.2 Å². The van der Waals surface area contributed by atoms with Crippen LogP contribution >= 0.6 is 0 Å². The molecule has 2 aromatic rings. The third-order valence-electron chi connectivity index (χ3n) is 3.42. The van der Waals surface area contributed by atoms with Crippen molar-refractivity contribution in [1.82, 2.24) is 4.90 Å². The van der Waals surface area contributed by atoms with Crippen LogP contribution in [-0.4, -0.2) is 30.4 Å². The lowest BCUT2D eigenvalue weighted by atomic mass is 10.3. The third kappa shape index (κ3) is 6.40. The average Bonchev–Trinajstić information content (AvgIpc) is 2.69. The van der Waals surface area contributed by atoms with E-state index in [0.717, 1.165) is 5.75 Å². The fourth-order valence-electron chi connectivity index (χ4n) is 2.17. The molecule has 0 aliphatic heterocycles. The van der Waals surface area contributed by atoms with Crippen molar-refractivity contribution in [2.24, 2.45) is 0 Å². The first kappa shape index (κ1) is 19.8. The molecule has 0 radical (unpaired) electrons. The highest BCUT2D eigenvalue weighted by Gasteiger charge is 2.17. The third-order valence-corrected chi connectivity index (χ3v) is 3.42. The maximum Gasteiger partial charge on any atom is 0.413 e. The van der Waals surface area contributed by atoms with Crippen LogP contribution in [0.1, 0.15) is 0 Å². The van der Waals surface area contributed by atoms with Crippen molar-refractivity contribution in [2.75, 3.05) is 13.1 Å². The molecule has 0 saturated heterocycles. The molecule has 0 aliphatic rings. The molecule has 0 N–H and O–H groups in total. The van der Waals surface area contributed by atoms with Gasteiger partial charge in [-0.25, -0.2) is 4.79 Å². The van der Waals surface area contributed by atoms with Gasteiger partial charge in [-0.2, -0.15) is 0 Å². The zero-order valence-electron chi connectivity index (χ0n) is 15.1. The van der Waals surface area contributed by atoms with Gasteiger partial charge in [0.15, 0.2) is 0 Å². The summed E-state index contributed by atoms with van der Waals surface area (Å²) >= 11 is 0.